The maximum atomic E-state index is 11.5. The topological polar surface area (TPSA) is 51.2 Å². The Morgan fingerprint density at radius 2 is 2.19 bits per heavy atom. The third-order valence-corrected chi connectivity index (χ3v) is 2.48. The Morgan fingerprint density at radius 3 is 2.69 bits per heavy atom. The van der Waals surface area contributed by atoms with Crippen LogP contribution in [0.5, 0.6) is 0 Å². The van der Waals surface area contributed by atoms with E-state index >= 15 is 0 Å². The SMILES string of the molecule is C#Cc1c(C)nsc1NC(=O)OC(C)(C)C. The number of hydrogen-bond donors (Lipinski definition) is 1. The number of carbonyl (C=O) groups is 1. The molecule has 1 aromatic rings. The summed E-state index contributed by atoms with van der Waals surface area (Å²) in [4.78, 5) is 11.5. The fourth-order valence-electron chi connectivity index (χ4n) is 1.02. The van der Waals surface area contributed by atoms with Crippen LogP contribution in [-0.4, -0.2) is 16.1 Å². The molecule has 0 aliphatic carbocycles. The number of rotatable bonds is 1. The Bertz CT molecular complexity index is 438. The lowest BCUT2D eigenvalue weighted by Gasteiger charge is -2.19. The van der Waals surface area contributed by atoms with Crippen molar-refractivity contribution in [3.05, 3.63) is 11.3 Å². The Hall–Kier alpha value is -1.54. The van der Waals surface area contributed by atoms with Gasteiger partial charge in [0.1, 0.15) is 10.6 Å². The van der Waals surface area contributed by atoms with Crippen LogP contribution in [-0.2, 0) is 4.74 Å². The fourth-order valence-corrected chi connectivity index (χ4v) is 1.77. The van der Waals surface area contributed by atoms with E-state index in [1.165, 1.54) is 0 Å². The Balaban J connectivity index is 2.75. The molecule has 1 heterocycles. The maximum Gasteiger partial charge on any atom is 0.412 e. The zero-order valence-corrected chi connectivity index (χ0v) is 10.6. The predicted molar refractivity (Wildman–Crippen MR) is 64.6 cm³/mol. The predicted octanol–water partition coefficient (Wildman–Crippen LogP) is 2.78. The molecule has 0 atom stereocenters. The van der Waals surface area contributed by atoms with Gasteiger partial charge in [0.15, 0.2) is 0 Å². The minimum absolute atomic E-state index is 0.521. The highest BCUT2D eigenvalue weighted by Crippen LogP contribution is 2.23. The average Bonchev–Trinajstić information content (AvgIpc) is 2.43. The van der Waals surface area contributed by atoms with Crippen molar-refractivity contribution in [1.29, 1.82) is 0 Å². The molecule has 86 valence electrons. The lowest BCUT2D eigenvalue weighted by atomic mass is 10.2. The van der Waals surface area contributed by atoms with Gasteiger partial charge in [0.25, 0.3) is 0 Å². The van der Waals surface area contributed by atoms with E-state index in [-0.39, 0.29) is 0 Å². The molecule has 1 N–H and O–H groups in total. The van der Waals surface area contributed by atoms with Crippen LogP contribution in [0.1, 0.15) is 32.0 Å². The molecule has 0 fully saturated rings. The first-order chi connectivity index (χ1) is 7.33. The zero-order chi connectivity index (χ0) is 12.3. The number of amides is 1. The van der Waals surface area contributed by atoms with Crippen LogP contribution >= 0.6 is 11.5 Å². The molecule has 4 nitrogen and oxygen atoms in total. The van der Waals surface area contributed by atoms with E-state index in [2.05, 4.69) is 15.6 Å². The molecule has 16 heavy (non-hydrogen) atoms. The number of nitrogens with zero attached hydrogens (tertiary/aromatic N) is 1. The summed E-state index contributed by atoms with van der Waals surface area (Å²) in [6, 6.07) is 0. The number of hydrogen-bond acceptors (Lipinski definition) is 4. The molecule has 0 aliphatic rings. The third-order valence-electron chi connectivity index (χ3n) is 1.62. The Kier molecular flexibility index (Phi) is 3.55. The number of terminal acetylenes is 1. The molecule has 0 saturated carbocycles. The van der Waals surface area contributed by atoms with E-state index < -0.39 is 11.7 Å². The van der Waals surface area contributed by atoms with Crippen molar-refractivity contribution in [3.8, 4) is 12.3 Å². The molecule has 0 bridgehead atoms. The van der Waals surface area contributed by atoms with Crippen molar-refractivity contribution in [2.75, 3.05) is 5.32 Å². The minimum Gasteiger partial charge on any atom is -0.444 e. The van der Waals surface area contributed by atoms with Gasteiger partial charge in [0.05, 0.1) is 11.3 Å². The van der Waals surface area contributed by atoms with E-state index in [0.717, 1.165) is 17.2 Å². The van der Waals surface area contributed by atoms with Gasteiger partial charge in [-0.05, 0) is 39.2 Å². The zero-order valence-electron chi connectivity index (χ0n) is 9.75. The summed E-state index contributed by atoms with van der Waals surface area (Å²) in [6.07, 6.45) is 4.80. The number of ether oxygens (including phenoxy) is 1. The van der Waals surface area contributed by atoms with Gasteiger partial charge in [-0.15, -0.1) is 6.42 Å². The summed E-state index contributed by atoms with van der Waals surface area (Å²) in [5.41, 5.74) is 0.814. The van der Waals surface area contributed by atoms with Crippen LogP contribution < -0.4 is 5.32 Å². The largest absolute Gasteiger partial charge is 0.444 e. The molecule has 1 aromatic heterocycles. The summed E-state index contributed by atoms with van der Waals surface area (Å²) in [5.74, 6) is 2.49. The van der Waals surface area contributed by atoms with Crippen LogP contribution in [0.4, 0.5) is 9.80 Å². The number of aryl methyl sites for hydroxylation is 1. The molecule has 5 heteroatoms. The summed E-state index contributed by atoms with van der Waals surface area (Å²) in [7, 11) is 0. The van der Waals surface area contributed by atoms with E-state index in [0.29, 0.717) is 10.6 Å². The van der Waals surface area contributed by atoms with Crippen LogP contribution in [0, 0.1) is 19.3 Å². The lowest BCUT2D eigenvalue weighted by Crippen LogP contribution is -2.27. The third kappa shape index (κ3) is 3.24. The second-order valence-corrected chi connectivity index (χ2v) is 5.02. The monoisotopic (exact) mass is 238 g/mol. The first-order valence-corrected chi connectivity index (χ1v) is 5.53. The molecule has 0 spiro atoms. The van der Waals surface area contributed by atoms with Crippen molar-refractivity contribution >= 4 is 22.6 Å². The van der Waals surface area contributed by atoms with Gasteiger partial charge < -0.3 is 4.74 Å². The average molecular weight is 238 g/mol. The van der Waals surface area contributed by atoms with Gasteiger partial charge in [-0.25, -0.2) is 4.79 Å². The standard InChI is InChI=1S/C11H14N2O2S/c1-6-8-7(2)13-16-9(8)12-10(14)15-11(3,4)5/h1H,2-5H3,(H,12,14). The van der Waals surface area contributed by atoms with Crippen molar-refractivity contribution in [3.63, 3.8) is 0 Å². The Labute approximate surface area is 99.2 Å². The highest BCUT2D eigenvalue weighted by atomic mass is 32.1. The second kappa shape index (κ2) is 4.54. The van der Waals surface area contributed by atoms with Crippen molar-refractivity contribution < 1.29 is 9.53 Å². The van der Waals surface area contributed by atoms with Crippen molar-refractivity contribution in [2.45, 2.75) is 33.3 Å². The van der Waals surface area contributed by atoms with Gasteiger partial charge in [-0.1, -0.05) is 5.92 Å². The van der Waals surface area contributed by atoms with Gasteiger partial charge in [0, 0.05) is 0 Å². The Morgan fingerprint density at radius 1 is 1.56 bits per heavy atom. The van der Waals surface area contributed by atoms with Crippen LogP contribution in [0.2, 0.25) is 0 Å². The number of aromatic nitrogens is 1. The molecule has 0 aliphatic heterocycles. The van der Waals surface area contributed by atoms with E-state index in [1.807, 2.05) is 0 Å². The normalized spacial score (nSPS) is 10.7. The summed E-state index contributed by atoms with van der Waals surface area (Å²) >= 11 is 1.15. The molecule has 0 aromatic carbocycles. The van der Waals surface area contributed by atoms with Crippen LogP contribution in [0.3, 0.4) is 0 Å². The summed E-state index contributed by atoms with van der Waals surface area (Å²) in [5, 5.41) is 3.14. The molecule has 0 unspecified atom stereocenters. The second-order valence-electron chi connectivity index (χ2n) is 4.24. The van der Waals surface area contributed by atoms with Crippen LogP contribution in [0.25, 0.3) is 0 Å². The molecule has 0 radical (unpaired) electrons. The highest BCUT2D eigenvalue weighted by molar-refractivity contribution is 7.10. The van der Waals surface area contributed by atoms with E-state index in [9.17, 15) is 4.79 Å². The fraction of sp³-hybridized carbons (Fsp3) is 0.455. The van der Waals surface area contributed by atoms with E-state index in [4.69, 9.17) is 11.2 Å². The van der Waals surface area contributed by atoms with Gasteiger partial charge in [-0.3, -0.25) is 5.32 Å². The van der Waals surface area contributed by atoms with Gasteiger partial charge in [-0.2, -0.15) is 4.37 Å². The molecular weight excluding hydrogens is 224 g/mol. The van der Waals surface area contributed by atoms with Gasteiger partial charge >= 0.3 is 6.09 Å². The smallest absolute Gasteiger partial charge is 0.412 e. The molecule has 0 saturated heterocycles. The van der Waals surface area contributed by atoms with Gasteiger partial charge in [0.2, 0.25) is 0 Å². The van der Waals surface area contributed by atoms with Crippen molar-refractivity contribution in [2.24, 2.45) is 0 Å². The van der Waals surface area contributed by atoms with Crippen molar-refractivity contribution in [1.82, 2.24) is 4.37 Å². The highest BCUT2D eigenvalue weighted by Gasteiger charge is 2.18. The molecular formula is C11H14N2O2S. The molecule has 1 rings (SSSR count). The number of nitrogens with one attached hydrogen (secondary N) is 1. The number of anilines is 1. The van der Waals surface area contributed by atoms with E-state index in [1.54, 1.807) is 27.7 Å². The first kappa shape index (κ1) is 12.5. The summed E-state index contributed by atoms with van der Waals surface area (Å²) in [6.45, 7) is 7.19. The molecule has 1 amide bonds. The first-order valence-electron chi connectivity index (χ1n) is 4.76. The summed E-state index contributed by atoms with van der Waals surface area (Å²) < 4.78 is 9.18. The minimum atomic E-state index is -0.528. The van der Waals surface area contributed by atoms with Crippen LogP contribution in [0.15, 0.2) is 0 Å². The quantitative estimate of drug-likeness (QED) is 0.765. The lowest BCUT2D eigenvalue weighted by molar-refractivity contribution is 0.0636. The number of carbonyl (C=O) groups excluding carboxylic acids is 1. The maximum absolute atomic E-state index is 11.5.